The summed E-state index contributed by atoms with van der Waals surface area (Å²) >= 11 is 0. The Labute approximate surface area is 138 Å². The fourth-order valence-corrected chi connectivity index (χ4v) is 2.36. The van der Waals surface area contributed by atoms with Crippen molar-refractivity contribution in [3.05, 3.63) is 47.2 Å². The highest BCUT2D eigenvalue weighted by Crippen LogP contribution is 2.44. The van der Waals surface area contributed by atoms with Crippen LogP contribution in [-0.2, 0) is 0 Å². The number of hydrogen-bond acceptors (Lipinski definition) is 6. The fraction of sp³-hybridized carbons (Fsp3) is 0.167. The Kier molecular flexibility index (Phi) is 3.81. The molecule has 0 spiro atoms. The number of carbonyl (C=O) groups excluding carboxylic acids is 1. The number of hydrogen-bond donors (Lipinski definition) is 3. The van der Waals surface area contributed by atoms with Crippen molar-refractivity contribution in [1.29, 1.82) is 0 Å². The summed E-state index contributed by atoms with van der Waals surface area (Å²) in [7, 11) is 0. The van der Waals surface area contributed by atoms with E-state index in [0.29, 0.717) is 11.3 Å². The maximum atomic E-state index is 12.3. The highest BCUT2D eigenvalue weighted by atomic mass is 16.5. The number of carbonyl (C=O) groups is 1. The summed E-state index contributed by atoms with van der Waals surface area (Å²) in [5.41, 5.74) is 0.516. The number of allylic oxidation sites excluding steroid dienone is 1. The number of ether oxygens (including phenoxy) is 2. The number of phenols is 3. The molecule has 124 valence electrons. The van der Waals surface area contributed by atoms with Crippen LogP contribution in [0.5, 0.6) is 28.7 Å². The highest BCUT2D eigenvalue weighted by molar-refractivity contribution is 6.15. The van der Waals surface area contributed by atoms with Crippen molar-refractivity contribution in [2.45, 2.75) is 20.0 Å². The largest absolute Gasteiger partial charge is 0.507 e. The van der Waals surface area contributed by atoms with E-state index in [2.05, 4.69) is 0 Å². The predicted molar refractivity (Wildman–Crippen MR) is 86.6 cm³/mol. The van der Waals surface area contributed by atoms with E-state index < -0.39 is 11.5 Å². The van der Waals surface area contributed by atoms with Crippen LogP contribution in [0.3, 0.4) is 0 Å². The van der Waals surface area contributed by atoms with Crippen molar-refractivity contribution in [1.82, 2.24) is 0 Å². The van der Waals surface area contributed by atoms with Crippen molar-refractivity contribution >= 4 is 11.9 Å². The molecule has 2 aromatic rings. The number of phenolic OH excluding ortho intramolecular Hbond substituents is 3. The van der Waals surface area contributed by atoms with Gasteiger partial charge in [-0.25, -0.2) is 0 Å². The standard InChI is InChI=1S/C18H16O6/c1-9(2)23-11-4-3-10(14(20)8-11)7-15-16(21)12-5-6-13(19)17(22)18(12)24-15/h3-9,19-20,22H,1-2H3/b15-7-. The molecule has 6 nitrogen and oxygen atoms in total. The maximum absolute atomic E-state index is 12.3. The second kappa shape index (κ2) is 5.81. The smallest absolute Gasteiger partial charge is 0.232 e. The summed E-state index contributed by atoms with van der Waals surface area (Å²) in [6.45, 7) is 3.74. The van der Waals surface area contributed by atoms with Crippen LogP contribution in [0.1, 0.15) is 29.8 Å². The van der Waals surface area contributed by atoms with Crippen LogP contribution in [0.4, 0.5) is 0 Å². The van der Waals surface area contributed by atoms with Crippen LogP contribution in [0.25, 0.3) is 6.08 Å². The molecule has 1 heterocycles. The van der Waals surface area contributed by atoms with Crippen molar-refractivity contribution in [3.63, 3.8) is 0 Å². The molecular formula is C18H16O6. The minimum atomic E-state index is -0.492. The lowest BCUT2D eigenvalue weighted by atomic mass is 10.1. The number of Topliss-reactive ketones (excluding diaryl/α,β-unsaturated/α-hetero) is 1. The van der Waals surface area contributed by atoms with E-state index in [4.69, 9.17) is 9.47 Å². The average molecular weight is 328 g/mol. The van der Waals surface area contributed by atoms with Crippen LogP contribution in [-0.4, -0.2) is 27.2 Å². The van der Waals surface area contributed by atoms with Gasteiger partial charge in [0.1, 0.15) is 11.5 Å². The fourth-order valence-electron chi connectivity index (χ4n) is 2.36. The average Bonchev–Trinajstić information content (AvgIpc) is 2.82. The van der Waals surface area contributed by atoms with Gasteiger partial charge in [0.2, 0.25) is 11.5 Å². The van der Waals surface area contributed by atoms with Gasteiger partial charge in [-0.3, -0.25) is 4.79 Å². The third-order valence-corrected chi connectivity index (χ3v) is 3.45. The number of benzene rings is 2. The lowest BCUT2D eigenvalue weighted by Gasteiger charge is -2.10. The first kappa shape index (κ1) is 15.7. The molecule has 0 aliphatic carbocycles. The minimum absolute atomic E-state index is 0.0292. The Bertz CT molecular complexity index is 851. The molecule has 1 aliphatic heterocycles. The van der Waals surface area contributed by atoms with Gasteiger partial charge in [-0.15, -0.1) is 0 Å². The summed E-state index contributed by atoms with van der Waals surface area (Å²) in [5, 5.41) is 29.3. The summed E-state index contributed by atoms with van der Waals surface area (Å²) < 4.78 is 10.8. The summed E-state index contributed by atoms with van der Waals surface area (Å²) in [6.07, 6.45) is 1.34. The lowest BCUT2D eigenvalue weighted by Crippen LogP contribution is -2.05. The first-order valence-corrected chi connectivity index (χ1v) is 7.35. The SMILES string of the molecule is CC(C)Oc1ccc(/C=C2\Oc3c(ccc(O)c3O)C2=O)c(O)c1. The quantitative estimate of drug-likeness (QED) is 0.591. The molecule has 0 saturated carbocycles. The van der Waals surface area contributed by atoms with Gasteiger partial charge in [0, 0.05) is 11.6 Å². The van der Waals surface area contributed by atoms with E-state index in [-0.39, 0.29) is 34.7 Å². The third-order valence-electron chi connectivity index (χ3n) is 3.45. The van der Waals surface area contributed by atoms with Crippen LogP contribution in [0.15, 0.2) is 36.1 Å². The minimum Gasteiger partial charge on any atom is -0.507 e. The number of rotatable bonds is 3. The van der Waals surface area contributed by atoms with Crippen LogP contribution < -0.4 is 9.47 Å². The molecule has 0 unspecified atom stereocenters. The van der Waals surface area contributed by atoms with Gasteiger partial charge in [-0.05, 0) is 44.2 Å². The molecule has 3 rings (SSSR count). The zero-order valence-electron chi connectivity index (χ0n) is 13.1. The summed E-state index contributed by atoms with van der Waals surface area (Å²) in [5.74, 6) is -1.02. The molecular weight excluding hydrogens is 312 g/mol. The Morgan fingerprint density at radius 3 is 2.50 bits per heavy atom. The molecule has 3 N–H and O–H groups in total. The zero-order chi connectivity index (χ0) is 17.4. The van der Waals surface area contributed by atoms with E-state index in [9.17, 15) is 20.1 Å². The molecule has 24 heavy (non-hydrogen) atoms. The molecule has 0 atom stereocenters. The molecule has 0 amide bonds. The Morgan fingerprint density at radius 1 is 1.08 bits per heavy atom. The summed E-state index contributed by atoms with van der Waals surface area (Å²) in [6, 6.07) is 7.29. The van der Waals surface area contributed by atoms with Crippen LogP contribution in [0, 0.1) is 0 Å². The number of ketones is 1. The lowest BCUT2D eigenvalue weighted by molar-refractivity contribution is 0.101. The molecule has 6 heteroatoms. The van der Waals surface area contributed by atoms with E-state index in [1.165, 1.54) is 24.3 Å². The predicted octanol–water partition coefficient (Wildman–Crippen LogP) is 3.21. The molecule has 1 aliphatic rings. The zero-order valence-corrected chi connectivity index (χ0v) is 13.1. The molecule has 0 saturated heterocycles. The second-order valence-corrected chi connectivity index (χ2v) is 5.64. The van der Waals surface area contributed by atoms with Crippen LogP contribution in [0.2, 0.25) is 0 Å². The van der Waals surface area contributed by atoms with Crippen LogP contribution >= 0.6 is 0 Å². The first-order chi connectivity index (χ1) is 11.4. The van der Waals surface area contributed by atoms with Crippen molar-refractivity contribution in [2.24, 2.45) is 0 Å². The van der Waals surface area contributed by atoms with E-state index in [1.807, 2.05) is 13.8 Å². The van der Waals surface area contributed by atoms with E-state index in [1.54, 1.807) is 12.1 Å². The van der Waals surface area contributed by atoms with E-state index >= 15 is 0 Å². The first-order valence-electron chi connectivity index (χ1n) is 7.35. The van der Waals surface area contributed by atoms with Gasteiger partial charge in [-0.2, -0.15) is 0 Å². The Balaban J connectivity index is 1.93. The topological polar surface area (TPSA) is 96.2 Å². The van der Waals surface area contributed by atoms with Crippen molar-refractivity contribution in [3.8, 4) is 28.7 Å². The monoisotopic (exact) mass is 328 g/mol. The molecule has 0 radical (unpaired) electrons. The highest BCUT2D eigenvalue weighted by Gasteiger charge is 2.31. The normalized spacial score (nSPS) is 14.8. The third kappa shape index (κ3) is 2.74. The van der Waals surface area contributed by atoms with E-state index in [0.717, 1.165) is 0 Å². The summed E-state index contributed by atoms with van der Waals surface area (Å²) in [4.78, 5) is 12.3. The maximum Gasteiger partial charge on any atom is 0.232 e. The molecule has 0 fully saturated rings. The van der Waals surface area contributed by atoms with Gasteiger partial charge < -0.3 is 24.8 Å². The van der Waals surface area contributed by atoms with Gasteiger partial charge in [-0.1, -0.05) is 0 Å². The van der Waals surface area contributed by atoms with Crippen molar-refractivity contribution < 1.29 is 29.6 Å². The Hall–Kier alpha value is -3.15. The Morgan fingerprint density at radius 2 is 1.83 bits per heavy atom. The molecule has 0 aromatic heterocycles. The van der Waals surface area contributed by atoms with Gasteiger partial charge in [0.25, 0.3) is 0 Å². The second-order valence-electron chi connectivity index (χ2n) is 5.64. The molecule has 2 aromatic carbocycles. The number of fused-ring (bicyclic) bond motifs is 1. The number of aromatic hydroxyl groups is 3. The van der Waals surface area contributed by atoms with Gasteiger partial charge >= 0.3 is 0 Å². The van der Waals surface area contributed by atoms with Gasteiger partial charge in [0.05, 0.1) is 11.7 Å². The molecule has 0 bridgehead atoms. The van der Waals surface area contributed by atoms with Gasteiger partial charge in [0.15, 0.2) is 17.3 Å². The van der Waals surface area contributed by atoms with Crippen molar-refractivity contribution in [2.75, 3.05) is 0 Å².